The average molecular weight is 369 g/mol. The second-order valence-corrected chi connectivity index (χ2v) is 7.99. The van der Waals surface area contributed by atoms with Gasteiger partial charge in [0, 0.05) is 18.8 Å². The van der Waals surface area contributed by atoms with E-state index in [-0.39, 0.29) is 17.6 Å². The van der Waals surface area contributed by atoms with Gasteiger partial charge in [-0.05, 0) is 41.8 Å². The lowest BCUT2D eigenvalue weighted by Gasteiger charge is -2.37. The van der Waals surface area contributed by atoms with Crippen LogP contribution in [-0.4, -0.2) is 24.0 Å². The van der Waals surface area contributed by atoms with Crippen LogP contribution in [0.2, 0.25) is 0 Å². The maximum absolute atomic E-state index is 13.3. The third kappa shape index (κ3) is 3.29. The Hall–Kier alpha value is -2.47. The first-order valence-electron chi connectivity index (χ1n) is 8.71. The minimum absolute atomic E-state index is 0.0331. The van der Waals surface area contributed by atoms with Crippen LogP contribution in [0.25, 0.3) is 10.2 Å². The number of hydrogen-bond donors (Lipinski definition) is 1. The molecule has 1 N–H and O–H groups in total. The Labute approximate surface area is 155 Å². The first-order chi connectivity index (χ1) is 12.5. The summed E-state index contributed by atoms with van der Waals surface area (Å²) in [4.78, 5) is 19.0. The quantitative estimate of drug-likeness (QED) is 0.729. The number of halogens is 1. The zero-order chi connectivity index (χ0) is 18.3. The molecule has 0 unspecified atom stereocenters. The van der Waals surface area contributed by atoms with Gasteiger partial charge in [0.25, 0.3) is 0 Å². The summed E-state index contributed by atoms with van der Waals surface area (Å²) in [5, 5.41) is 3.83. The lowest BCUT2D eigenvalue weighted by Crippen LogP contribution is -2.52. The molecular weight excluding hydrogens is 349 g/mol. The van der Waals surface area contributed by atoms with Crippen LogP contribution in [0, 0.1) is 11.7 Å². The highest BCUT2D eigenvalue weighted by Gasteiger charge is 2.34. The molecule has 1 amide bonds. The summed E-state index contributed by atoms with van der Waals surface area (Å²) in [6.07, 6.45) is 0. The zero-order valence-corrected chi connectivity index (χ0v) is 15.5. The van der Waals surface area contributed by atoms with Crippen LogP contribution in [-0.2, 0) is 4.79 Å². The number of aromatic nitrogens is 1. The van der Waals surface area contributed by atoms with Crippen molar-refractivity contribution < 1.29 is 9.18 Å². The number of hydrogen-bond acceptors (Lipinski definition) is 4. The molecule has 134 valence electrons. The molecule has 0 bridgehead atoms. The fourth-order valence-corrected chi connectivity index (χ4v) is 4.03. The van der Waals surface area contributed by atoms with E-state index in [0.29, 0.717) is 19.0 Å². The van der Waals surface area contributed by atoms with Gasteiger partial charge < -0.3 is 10.2 Å². The topological polar surface area (TPSA) is 45.2 Å². The van der Waals surface area contributed by atoms with Crippen LogP contribution in [0.5, 0.6) is 0 Å². The fraction of sp³-hybridized carbons (Fsp3) is 0.300. The second-order valence-electron chi connectivity index (χ2n) is 6.98. The molecule has 26 heavy (non-hydrogen) atoms. The van der Waals surface area contributed by atoms with E-state index in [1.807, 2.05) is 24.3 Å². The molecule has 1 aromatic heterocycles. The molecule has 2 aromatic carbocycles. The first-order valence-corrected chi connectivity index (χ1v) is 9.53. The van der Waals surface area contributed by atoms with E-state index >= 15 is 0 Å². The van der Waals surface area contributed by atoms with Crippen LogP contribution in [0.4, 0.5) is 15.2 Å². The van der Waals surface area contributed by atoms with Crippen molar-refractivity contribution in [3.63, 3.8) is 0 Å². The van der Waals surface area contributed by atoms with Crippen molar-refractivity contribution in [2.75, 3.05) is 23.3 Å². The maximum Gasteiger partial charge on any atom is 0.231 e. The van der Waals surface area contributed by atoms with Crippen LogP contribution in [0.3, 0.4) is 0 Å². The molecule has 2 heterocycles. The number of nitrogens with zero attached hydrogens (tertiary/aromatic N) is 2. The molecule has 0 aliphatic carbocycles. The van der Waals surface area contributed by atoms with Gasteiger partial charge >= 0.3 is 0 Å². The predicted octanol–water partition coefficient (Wildman–Crippen LogP) is 4.63. The summed E-state index contributed by atoms with van der Waals surface area (Å²) < 4.78 is 14.1. The number of anilines is 2. The van der Waals surface area contributed by atoms with E-state index in [0.717, 1.165) is 21.0 Å². The van der Waals surface area contributed by atoms with Crippen molar-refractivity contribution >= 4 is 38.3 Å². The monoisotopic (exact) mass is 369 g/mol. The third-order valence-electron chi connectivity index (χ3n) is 4.71. The van der Waals surface area contributed by atoms with Crippen LogP contribution < -0.4 is 10.2 Å². The van der Waals surface area contributed by atoms with E-state index in [9.17, 15) is 9.18 Å². The van der Waals surface area contributed by atoms with E-state index in [2.05, 4.69) is 29.0 Å². The van der Waals surface area contributed by atoms with Crippen molar-refractivity contribution in [2.45, 2.75) is 19.8 Å². The number of amides is 1. The number of carbonyl (C=O) groups excluding carboxylic acids is 1. The Balaban J connectivity index is 1.36. The molecule has 6 heteroatoms. The second kappa shape index (κ2) is 6.68. The minimum Gasteiger partial charge on any atom is -0.346 e. The van der Waals surface area contributed by atoms with Crippen LogP contribution in [0.1, 0.15) is 25.3 Å². The molecule has 4 rings (SSSR count). The summed E-state index contributed by atoms with van der Waals surface area (Å²) in [7, 11) is 0. The number of benzene rings is 2. The number of carbonyl (C=O) groups is 1. The Bertz CT molecular complexity index is 945. The molecule has 3 aromatic rings. The zero-order valence-electron chi connectivity index (χ0n) is 14.7. The van der Waals surface area contributed by atoms with Gasteiger partial charge in [0.1, 0.15) is 5.82 Å². The van der Waals surface area contributed by atoms with E-state index < -0.39 is 0 Å². The van der Waals surface area contributed by atoms with E-state index in [4.69, 9.17) is 0 Å². The molecule has 4 nitrogen and oxygen atoms in total. The molecule has 1 aliphatic rings. The smallest absolute Gasteiger partial charge is 0.231 e. The van der Waals surface area contributed by atoms with Gasteiger partial charge in [0.15, 0.2) is 5.13 Å². The summed E-state index contributed by atoms with van der Waals surface area (Å²) in [6.45, 7) is 5.57. The Kier molecular flexibility index (Phi) is 4.36. The molecule has 1 fully saturated rings. The third-order valence-corrected chi connectivity index (χ3v) is 5.79. The predicted molar refractivity (Wildman–Crippen MR) is 104 cm³/mol. The van der Waals surface area contributed by atoms with Crippen LogP contribution in [0.15, 0.2) is 42.5 Å². The normalized spacial score (nSPS) is 14.7. The number of rotatable bonds is 4. The van der Waals surface area contributed by atoms with Gasteiger partial charge in [-0.25, -0.2) is 9.37 Å². The highest BCUT2D eigenvalue weighted by atomic mass is 32.1. The number of fused-ring (bicyclic) bond motifs is 1. The van der Waals surface area contributed by atoms with Crippen molar-refractivity contribution in [1.29, 1.82) is 0 Å². The number of thiazole rings is 1. The highest BCUT2D eigenvalue weighted by Crippen LogP contribution is 2.33. The lowest BCUT2D eigenvalue weighted by atomic mass is 9.99. The van der Waals surface area contributed by atoms with Crippen LogP contribution >= 0.6 is 11.3 Å². The lowest BCUT2D eigenvalue weighted by molar-refractivity contribution is -0.120. The van der Waals surface area contributed by atoms with Gasteiger partial charge in [0.05, 0.1) is 16.1 Å². The summed E-state index contributed by atoms with van der Waals surface area (Å²) in [5.41, 5.74) is 2.88. The maximum atomic E-state index is 13.3. The summed E-state index contributed by atoms with van der Waals surface area (Å²) in [5.74, 6) is 0.202. The summed E-state index contributed by atoms with van der Waals surface area (Å²) >= 11 is 1.46. The van der Waals surface area contributed by atoms with Gasteiger partial charge in [-0.2, -0.15) is 0 Å². The Morgan fingerprint density at radius 3 is 2.65 bits per heavy atom. The van der Waals surface area contributed by atoms with E-state index in [1.54, 1.807) is 6.07 Å². The molecule has 0 spiro atoms. The average Bonchev–Trinajstić information content (AvgIpc) is 2.96. The molecular formula is C20H20FN3OS. The largest absolute Gasteiger partial charge is 0.346 e. The fourth-order valence-electron chi connectivity index (χ4n) is 3.02. The standard InChI is InChI=1S/C20H20FN3OS/c1-12(2)13-3-6-16(7-4-13)22-19(25)14-10-24(11-14)20-23-17-8-5-15(21)9-18(17)26-20/h3-9,12,14H,10-11H2,1-2H3,(H,22,25). The van der Waals surface area contributed by atoms with Gasteiger partial charge in [0.2, 0.25) is 5.91 Å². The first kappa shape index (κ1) is 17.0. The Morgan fingerprint density at radius 2 is 1.96 bits per heavy atom. The molecule has 0 atom stereocenters. The number of nitrogens with one attached hydrogen (secondary N) is 1. The molecule has 0 radical (unpaired) electrons. The van der Waals surface area contributed by atoms with Crippen molar-refractivity contribution in [1.82, 2.24) is 4.98 Å². The molecule has 1 aliphatic heterocycles. The van der Waals surface area contributed by atoms with Crippen molar-refractivity contribution in [3.8, 4) is 0 Å². The van der Waals surface area contributed by atoms with Gasteiger partial charge in [-0.3, -0.25) is 4.79 Å². The summed E-state index contributed by atoms with van der Waals surface area (Å²) in [6, 6.07) is 12.6. The van der Waals surface area contributed by atoms with Gasteiger partial charge in [-0.15, -0.1) is 0 Å². The Morgan fingerprint density at radius 1 is 1.23 bits per heavy atom. The van der Waals surface area contributed by atoms with Crippen molar-refractivity contribution in [3.05, 3.63) is 53.8 Å². The van der Waals surface area contributed by atoms with Gasteiger partial charge in [-0.1, -0.05) is 37.3 Å². The molecule has 1 saturated heterocycles. The highest BCUT2D eigenvalue weighted by molar-refractivity contribution is 7.22. The van der Waals surface area contributed by atoms with Crippen molar-refractivity contribution in [2.24, 2.45) is 5.92 Å². The SMILES string of the molecule is CC(C)c1ccc(NC(=O)C2CN(c3nc4ccc(F)cc4s3)C2)cc1. The van der Waals surface area contributed by atoms with E-state index in [1.165, 1.54) is 29.0 Å². The molecule has 0 saturated carbocycles. The minimum atomic E-state index is -0.253.